The van der Waals surface area contributed by atoms with E-state index < -0.39 is 20.9 Å². The van der Waals surface area contributed by atoms with Gasteiger partial charge in [0, 0.05) is 24.3 Å². The average Bonchev–Trinajstić information content (AvgIpc) is 2.36. The number of carbonyl (C=O) groups is 1. The van der Waals surface area contributed by atoms with Crippen molar-refractivity contribution < 1.29 is 22.9 Å². The van der Waals surface area contributed by atoms with E-state index in [1.165, 1.54) is 26.2 Å². The van der Waals surface area contributed by atoms with Gasteiger partial charge < -0.3 is 4.74 Å². The van der Waals surface area contributed by atoms with Crippen LogP contribution >= 0.6 is 0 Å². The molecule has 0 atom stereocenters. The zero-order valence-corrected chi connectivity index (χ0v) is 11.8. The molecule has 0 spiro atoms. The van der Waals surface area contributed by atoms with Crippen molar-refractivity contribution in [2.45, 2.75) is 6.92 Å². The summed E-state index contributed by atoms with van der Waals surface area (Å²) < 4.78 is 29.5. The molecule has 0 fully saturated rings. The number of carbonyl (C=O) groups excluding carboxylic acids is 1. The number of ether oxygens (including phenoxy) is 1. The highest BCUT2D eigenvalue weighted by atomic mass is 32.2. The first-order valence-corrected chi connectivity index (χ1v) is 7.21. The van der Waals surface area contributed by atoms with E-state index in [1.54, 1.807) is 0 Å². The molecule has 1 amide bonds. The molecule has 0 saturated carbocycles. The molecule has 9 heteroatoms. The van der Waals surface area contributed by atoms with Gasteiger partial charge in [0.25, 0.3) is 11.6 Å². The number of rotatable bonds is 6. The molecule has 0 heterocycles. The maximum atomic E-state index is 11.8. The van der Waals surface area contributed by atoms with Crippen molar-refractivity contribution in [2.24, 2.45) is 0 Å². The summed E-state index contributed by atoms with van der Waals surface area (Å²) in [6, 6.07) is 3.74. The third kappa shape index (κ3) is 4.28. The fourth-order valence-corrected chi connectivity index (χ4v) is 2.28. The van der Waals surface area contributed by atoms with Crippen LogP contribution < -0.4 is 4.72 Å². The lowest BCUT2D eigenvalue weighted by Gasteiger charge is -2.07. The smallest absolute Gasteiger partial charge is 0.273 e. The van der Waals surface area contributed by atoms with E-state index in [0.717, 1.165) is 6.07 Å². The van der Waals surface area contributed by atoms with Crippen molar-refractivity contribution in [3.8, 4) is 0 Å². The predicted octanol–water partition coefficient (Wildman–Crippen LogP) is 0.609. The second-order valence-corrected chi connectivity index (χ2v) is 5.84. The van der Waals surface area contributed by atoms with E-state index >= 15 is 0 Å². The highest BCUT2D eigenvalue weighted by molar-refractivity contribution is 7.90. The number of hydrogen-bond acceptors (Lipinski definition) is 6. The lowest BCUT2D eigenvalue weighted by Crippen LogP contribution is -2.33. The Hall–Kier alpha value is -2.00. The maximum Gasteiger partial charge on any atom is 0.273 e. The number of nitro groups is 1. The minimum atomic E-state index is -3.83. The summed E-state index contributed by atoms with van der Waals surface area (Å²) in [6.07, 6.45) is 0. The van der Waals surface area contributed by atoms with Gasteiger partial charge in [-0.25, -0.2) is 13.1 Å². The van der Waals surface area contributed by atoms with Crippen molar-refractivity contribution in [3.63, 3.8) is 0 Å². The number of aryl methyl sites for hydroxylation is 1. The monoisotopic (exact) mass is 302 g/mol. The topological polar surface area (TPSA) is 116 Å². The summed E-state index contributed by atoms with van der Waals surface area (Å²) in [5.41, 5.74) is 0.0454. The average molecular weight is 302 g/mol. The Kier molecular flexibility index (Phi) is 5.17. The quantitative estimate of drug-likeness (QED) is 0.608. The first-order valence-electron chi connectivity index (χ1n) is 5.55. The summed E-state index contributed by atoms with van der Waals surface area (Å²) in [5, 5.41) is 10.8. The summed E-state index contributed by atoms with van der Waals surface area (Å²) in [6.45, 7) is 1.46. The Morgan fingerprint density at radius 3 is 2.65 bits per heavy atom. The molecule has 1 N–H and O–H groups in total. The second-order valence-electron chi connectivity index (χ2n) is 4.00. The molecular weight excluding hydrogens is 288 g/mol. The van der Waals surface area contributed by atoms with Crippen molar-refractivity contribution >= 4 is 21.6 Å². The molecule has 1 aromatic rings. The van der Waals surface area contributed by atoms with Crippen LogP contribution in [0.25, 0.3) is 0 Å². The third-order valence-electron chi connectivity index (χ3n) is 2.47. The highest BCUT2D eigenvalue weighted by Gasteiger charge is 2.19. The zero-order chi connectivity index (χ0) is 15.3. The van der Waals surface area contributed by atoms with Gasteiger partial charge in [-0.05, 0) is 13.0 Å². The Morgan fingerprint density at radius 2 is 2.10 bits per heavy atom. The Balaban J connectivity index is 2.94. The minimum absolute atomic E-state index is 0.0589. The molecule has 110 valence electrons. The molecule has 0 aliphatic heterocycles. The molecule has 1 rings (SSSR count). The van der Waals surface area contributed by atoms with Crippen molar-refractivity contribution in [1.29, 1.82) is 0 Å². The first-order chi connectivity index (χ1) is 9.26. The minimum Gasteiger partial charge on any atom is -0.384 e. The number of nitrogens with one attached hydrogen (secondary N) is 1. The van der Waals surface area contributed by atoms with Gasteiger partial charge in [-0.15, -0.1) is 0 Å². The molecule has 0 radical (unpaired) electrons. The number of nitrogens with zero attached hydrogens (tertiary/aromatic N) is 1. The van der Waals surface area contributed by atoms with Crippen LogP contribution in [0.4, 0.5) is 5.69 Å². The highest BCUT2D eigenvalue weighted by Crippen LogP contribution is 2.19. The Labute approximate surface area is 115 Å². The number of nitro benzene ring substituents is 1. The molecule has 0 aromatic heterocycles. The van der Waals surface area contributed by atoms with Crippen LogP contribution in [0.2, 0.25) is 0 Å². The van der Waals surface area contributed by atoms with Crippen LogP contribution in [0.15, 0.2) is 18.2 Å². The van der Waals surface area contributed by atoms with Gasteiger partial charge in [-0.2, -0.15) is 0 Å². The summed E-state index contributed by atoms with van der Waals surface area (Å²) in [4.78, 5) is 21.9. The van der Waals surface area contributed by atoms with E-state index in [9.17, 15) is 23.3 Å². The predicted molar refractivity (Wildman–Crippen MR) is 71.0 cm³/mol. The van der Waals surface area contributed by atoms with Crippen LogP contribution in [0.3, 0.4) is 0 Å². The zero-order valence-electron chi connectivity index (χ0n) is 11.0. The van der Waals surface area contributed by atoms with Crippen LogP contribution in [0.5, 0.6) is 0 Å². The lowest BCUT2D eigenvalue weighted by molar-refractivity contribution is -0.385. The van der Waals surface area contributed by atoms with Gasteiger partial charge in [-0.3, -0.25) is 14.9 Å². The molecule has 0 unspecified atom stereocenters. The largest absolute Gasteiger partial charge is 0.384 e. The number of methoxy groups -OCH3 is 1. The standard InChI is InChI=1S/C11H14N2O6S/c1-8-3-4-9(7-10(8)13(15)16)11(14)12-20(17,18)6-5-19-2/h3-4,7H,5-6H2,1-2H3,(H,12,14). The van der Waals surface area contributed by atoms with E-state index in [4.69, 9.17) is 0 Å². The molecule has 8 nitrogen and oxygen atoms in total. The van der Waals surface area contributed by atoms with Gasteiger partial charge in [0.2, 0.25) is 10.0 Å². The summed E-state index contributed by atoms with van der Waals surface area (Å²) in [7, 11) is -2.49. The second kappa shape index (κ2) is 6.44. The summed E-state index contributed by atoms with van der Waals surface area (Å²) >= 11 is 0. The molecule has 0 aliphatic rings. The van der Waals surface area contributed by atoms with E-state index in [1.807, 2.05) is 4.72 Å². The normalized spacial score (nSPS) is 11.1. The van der Waals surface area contributed by atoms with Gasteiger partial charge in [0.05, 0.1) is 17.3 Å². The summed E-state index contributed by atoms with van der Waals surface area (Å²) in [5.74, 6) is -1.28. The molecule has 1 aromatic carbocycles. The van der Waals surface area contributed by atoms with Crippen LogP contribution in [0, 0.1) is 17.0 Å². The van der Waals surface area contributed by atoms with Crippen LogP contribution in [-0.4, -0.2) is 38.7 Å². The number of amides is 1. The number of sulfonamides is 1. The van der Waals surface area contributed by atoms with Gasteiger partial charge in [0.1, 0.15) is 0 Å². The molecule has 20 heavy (non-hydrogen) atoms. The van der Waals surface area contributed by atoms with Crippen molar-refractivity contribution in [1.82, 2.24) is 4.72 Å². The molecule has 0 aliphatic carbocycles. The number of benzene rings is 1. The number of hydrogen-bond donors (Lipinski definition) is 1. The fourth-order valence-electron chi connectivity index (χ4n) is 1.39. The van der Waals surface area contributed by atoms with E-state index in [-0.39, 0.29) is 23.6 Å². The van der Waals surface area contributed by atoms with Crippen molar-refractivity contribution in [3.05, 3.63) is 39.4 Å². The Bertz CT molecular complexity index is 626. The van der Waals surface area contributed by atoms with Gasteiger partial charge >= 0.3 is 0 Å². The lowest BCUT2D eigenvalue weighted by atomic mass is 10.1. The van der Waals surface area contributed by atoms with Gasteiger partial charge in [0.15, 0.2) is 0 Å². The van der Waals surface area contributed by atoms with Crippen LogP contribution in [-0.2, 0) is 14.8 Å². The van der Waals surface area contributed by atoms with Gasteiger partial charge in [-0.1, -0.05) is 6.07 Å². The molecular formula is C11H14N2O6S. The van der Waals surface area contributed by atoms with Crippen molar-refractivity contribution in [2.75, 3.05) is 19.5 Å². The third-order valence-corrected chi connectivity index (χ3v) is 3.67. The Morgan fingerprint density at radius 1 is 1.45 bits per heavy atom. The fraction of sp³-hybridized carbons (Fsp3) is 0.364. The molecule has 0 saturated heterocycles. The maximum absolute atomic E-state index is 11.8. The first kappa shape index (κ1) is 16.1. The molecule has 0 bridgehead atoms. The SMILES string of the molecule is COCCS(=O)(=O)NC(=O)c1ccc(C)c([N+](=O)[O-])c1. The van der Waals surface area contributed by atoms with Crippen LogP contribution in [0.1, 0.15) is 15.9 Å². The van der Waals surface area contributed by atoms with E-state index in [2.05, 4.69) is 4.74 Å². The van der Waals surface area contributed by atoms with E-state index in [0.29, 0.717) is 5.56 Å².